The van der Waals surface area contributed by atoms with Crippen LogP contribution in [0.4, 0.5) is 0 Å². The zero-order valence-corrected chi connectivity index (χ0v) is 6.85. The molecular formula is C6H4Cl2N2O. The minimum Gasteiger partial charge on any atom is -0.506 e. The highest BCUT2D eigenvalue weighted by Crippen LogP contribution is 2.17. The summed E-state index contributed by atoms with van der Waals surface area (Å²) >= 11 is 5.48. The fourth-order valence-electron chi connectivity index (χ4n) is 0.510. The lowest BCUT2D eigenvalue weighted by atomic mass is 10.4. The summed E-state index contributed by atoms with van der Waals surface area (Å²) in [6, 6.07) is 3.04. The SMILES string of the molecule is Cl.N#Cc1ncc(O)cc1Cl. The highest BCUT2D eigenvalue weighted by molar-refractivity contribution is 6.31. The molecule has 1 N–H and O–H groups in total. The Kier molecular flexibility index (Phi) is 3.66. The number of aromatic nitrogens is 1. The van der Waals surface area contributed by atoms with Crippen LogP contribution >= 0.6 is 24.0 Å². The Bertz CT molecular complexity index is 295. The molecule has 5 heteroatoms. The monoisotopic (exact) mass is 190 g/mol. The Morgan fingerprint density at radius 2 is 2.27 bits per heavy atom. The van der Waals surface area contributed by atoms with Crippen molar-refractivity contribution >= 4 is 24.0 Å². The Balaban J connectivity index is 0.000001000. The van der Waals surface area contributed by atoms with E-state index in [1.807, 2.05) is 0 Å². The van der Waals surface area contributed by atoms with E-state index in [0.29, 0.717) is 0 Å². The number of hydrogen-bond donors (Lipinski definition) is 1. The van der Waals surface area contributed by atoms with Gasteiger partial charge in [0, 0.05) is 6.07 Å². The van der Waals surface area contributed by atoms with Gasteiger partial charge in [0.25, 0.3) is 0 Å². The van der Waals surface area contributed by atoms with Crippen molar-refractivity contribution in [2.45, 2.75) is 0 Å². The maximum Gasteiger partial charge on any atom is 0.159 e. The van der Waals surface area contributed by atoms with E-state index in [4.69, 9.17) is 22.0 Å². The molecule has 0 bridgehead atoms. The van der Waals surface area contributed by atoms with Crippen LogP contribution in [0, 0.1) is 11.3 Å². The summed E-state index contributed by atoms with van der Waals surface area (Å²) in [7, 11) is 0. The lowest BCUT2D eigenvalue weighted by Crippen LogP contribution is -1.81. The van der Waals surface area contributed by atoms with Crippen molar-refractivity contribution in [3.8, 4) is 11.8 Å². The minimum absolute atomic E-state index is 0. The van der Waals surface area contributed by atoms with Gasteiger partial charge >= 0.3 is 0 Å². The van der Waals surface area contributed by atoms with Gasteiger partial charge in [-0.3, -0.25) is 0 Å². The molecule has 0 aromatic carbocycles. The Labute approximate surface area is 74.7 Å². The topological polar surface area (TPSA) is 56.9 Å². The molecule has 0 atom stereocenters. The molecule has 0 saturated carbocycles. The zero-order valence-electron chi connectivity index (χ0n) is 5.28. The predicted octanol–water partition coefficient (Wildman–Crippen LogP) is 1.73. The van der Waals surface area contributed by atoms with Crippen molar-refractivity contribution < 1.29 is 5.11 Å². The molecule has 0 saturated heterocycles. The number of nitriles is 1. The van der Waals surface area contributed by atoms with Crippen LogP contribution < -0.4 is 0 Å². The number of pyridine rings is 1. The third kappa shape index (κ3) is 2.26. The Hall–Kier alpha value is -0.980. The van der Waals surface area contributed by atoms with Gasteiger partial charge in [0.1, 0.15) is 11.8 Å². The molecule has 1 heterocycles. The number of hydrogen-bond acceptors (Lipinski definition) is 3. The number of aromatic hydroxyl groups is 1. The summed E-state index contributed by atoms with van der Waals surface area (Å²) in [5.41, 5.74) is 0.125. The molecular weight excluding hydrogens is 187 g/mol. The molecule has 0 unspecified atom stereocenters. The van der Waals surface area contributed by atoms with E-state index in [9.17, 15) is 0 Å². The van der Waals surface area contributed by atoms with E-state index in [1.54, 1.807) is 6.07 Å². The van der Waals surface area contributed by atoms with Gasteiger partial charge in [0.05, 0.1) is 11.2 Å². The second kappa shape index (κ2) is 4.02. The summed E-state index contributed by atoms with van der Waals surface area (Å²) in [6.07, 6.45) is 1.17. The van der Waals surface area contributed by atoms with Gasteiger partial charge in [-0.05, 0) is 0 Å². The molecule has 58 valence electrons. The quantitative estimate of drug-likeness (QED) is 0.679. The first-order chi connectivity index (χ1) is 4.74. The number of nitrogens with zero attached hydrogens (tertiary/aromatic N) is 2. The summed E-state index contributed by atoms with van der Waals surface area (Å²) in [5.74, 6) is -0.0380. The van der Waals surface area contributed by atoms with Crippen LogP contribution in [0.1, 0.15) is 5.69 Å². The maximum atomic E-state index is 8.78. The van der Waals surface area contributed by atoms with Gasteiger partial charge in [-0.2, -0.15) is 5.26 Å². The fraction of sp³-hybridized carbons (Fsp3) is 0. The van der Waals surface area contributed by atoms with Crippen molar-refractivity contribution in [3.05, 3.63) is 23.0 Å². The molecule has 0 aliphatic carbocycles. The van der Waals surface area contributed by atoms with Gasteiger partial charge in [-0.15, -0.1) is 12.4 Å². The summed E-state index contributed by atoms with van der Waals surface area (Å²) in [6.45, 7) is 0. The average molecular weight is 191 g/mol. The third-order valence-corrected chi connectivity index (χ3v) is 1.22. The van der Waals surface area contributed by atoms with Crippen LogP contribution in [0.2, 0.25) is 5.02 Å². The zero-order chi connectivity index (χ0) is 7.56. The first kappa shape index (κ1) is 10.0. The van der Waals surface area contributed by atoms with E-state index in [2.05, 4.69) is 4.98 Å². The summed E-state index contributed by atoms with van der Waals surface area (Å²) in [5, 5.41) is 17.3. The van der Waals surface area contributed by atoms with Gasteiger partial charge in [-0.1, -0.05) is 11.6 Å². The average Bonchev–Trinajstić information content (AvgIpc) is 1.88. The van der Waals surface area contributed by atoms with Crippen molar-refractivity contribution in [1.29, 1.82) is 5.26 Å². The van der Waals surface area contributed by atoms with Crippen LogP contribution in [0.5, 0.6) is 5.75 Å². The number of halogens is 2. The summed E-state index contributed by atoms with van der Waals surface area (Å²) in [4.78, 5) is 3.55. The van der Waals surface area contributed by atoms with E-state index in [-0.39, 0.29) is 28.9 Å². The van der Waals surface area contributed by atoms with Gasteiger partial charge in [0.15, 0.2) is 5.69 Å². The van der Waals surface area contributed by atoms with Gasteiger partial charge in [-0.25, -0.2) is 4.98 Å². The molecule has 0 aliphatic rings. The molecule has 0 spiro atoms. The first-order valence-corrected chi connectivity index (χ1v) is 2.86. The largest absolute Gasteiger partial charge is 0.506 e. The smallest absolute Gasteiger partial charge is 0.159 e. The predicted molar refractivity (Wildman–Crippen MR) is 42.9 cm³/mol. The third-order valence-electron chi connectivity index (χ3n) is 0.933. The normalized spacial score (nSPS) is 8.00. The summed E-state index contributed by atoms with van der Waals surface area (Å²) < 4.78 is 0. The minimum atomic E-state index is -0.0380. The highest BCUT2D eigenvalue weighted by atomic mass is 35.5. The van der Waals surface area contributed by atoms with E-state index in [0.717, 1.165) is 0 Å². The molecule has 0 radical (unpaired) electrons. The Morgan fingerprint density at radius 3 is 2.73 bits per heavy atom. The number of rotatable bonds is 0. The molecule has 3 nitrogen and oxygen atoms in total. The maximum absolute atomic E-state index is 8.78. The standard InChI is InChI=1S/C6H3ClN2O.ClH/c7-5-1-4(10)3-9-6(5)2-8;/h1,3,10H;1H. The second-order valence-electron chi connectivity index (χ2n) is 1.64. The lowest BCUT2D eigenvalue weighted by Gasteiger charge is -1.92. The molecule has 1 aromatic heterocycles. The highest BCUT2D eigenvalue weighted by Gasteiger charge is 1.99. The first-order valence-electron chi connectivity index (χ1n) is 2.48. The van der Waals surface area contributed by atoms with Crippen LogP contribution in [-0.2, 0) is 0 Å². The molecule has 0 fully saturated rings. The van der Waals surface area contributed by atoms with E-state index < -0.39 is 0 Å². The Morgan fingerprint density at radius 1 is 1.64 bits per heavy atom. The lowest BCUT2D eigenvalue weighted by molar-refractivity contribution is 0.472. The van der Waals surface area contributed by atoms with Crippen molar-refractivity contribution in [3.63, 3.8) is 0 Å². The second-order valence-corrected chi connectivity index (χ2v) is 2.04. The van der Waals surface area contributed by atoms with Gasteiger partial charge in [0.2, 0.25) is 0 Å². The molecule has 1 aromatic rings. The molecule has 1 rings (SSSR count). The van der Waals surface area contributed by atoms with Crippen molar-refractivity contribution in [2.24, 2.45) is 0 Å². The molecule has 0 amide bonds. The molecule has 11 heavy (non-hydrogen) atoms. The van der Waals surface area contributed by atoms with Gasteiger partial charge < -0.3 is 5.11 Å². The van der Waals surface area contributed by atoms with Crippen LogP contribution in [0.15, 0.2) is 12.3 Å². The molecule has 0 aliphatic heterocycles. The van der Waals surface area contributed by atoms with Crippen LogP contribution in [0.25, 0.3) is 0 Å². The van der Waals surface area contributed by atoms with E-state index in [1.165, 1.54) is 12.3 Å². The van der Waals surface area contributed by atoms with Crippen molar-refractivity contribution in [2.75, 3.05) is 0 Å². The van der Waals surface area contributed by atoms with Crippen LogP contribution in [0.3, 0.4) is 0 Å². The van der Waals surface area contributed by atoms with E-state index >= 15 is 0 Å². The van der Waals surface area contributed by atoms with Crippen molar-refractivity contribution in [1.82, 2.24) is 4.98 Å². The van der Waals surface area contributed by atoms with Crippen LogP contribution in [-0.4, -0.2) is 10.1 Å². The fourth-order valence-corrected chi connectivity index (χ4v) is 0.713.